The first-order valence-electron chi connectivity index (χ1n) is 3.68. The maximum atomic E-state index is 5.45. The minimum Gasteiger partial charge on any atom is -0.369 e. The van der Waals surface area contributed by atoms with E-state index in [2.05, 4.69) is 30.9 Å². The Morgan fingerprint density at radius 1 is 1.23 bits per heavy atom. The van der Waals surface area contributed by atoms with Crippen LogP contribution >= 0.6 is 15.9 Å². The van der Waals surface area contributed by atoms with Gasteiger partial charge in [-0.3, -0.25) is 0 Å². The van der Waals surface area contributed by atoms with Gasteiger partial charge < -0.3 is 10.7 Å². The lowest BCUT2D eigenvalue weighted by Crippen LogP contribution is -1.85. The number of anilines is 1. The Bertz CT molecular complexity index is 406. The molecule has 0 aromatic carbocycles. The number of nitrogens with one attached hydrogen (secondary N) is 1. The van der Waals surface area contributed by atoms with Crippen molar-refractivity contribution < 1.29 is 0 Å². The minimum absolute atomic E-state index is 0.415. The van der Waals surface area contributed by atoms with Gasteiger partial charge >= 0.3 is 0 Å². The molecule has 0 fully saturated rings. The fraction of sp³-hybridized carbons (Fsp3) is 0. The van der Waals surface area contributed by atoms with Crippen molar-refractivity contribution in [3.8, 4) is 11.3 Å². The van der Waals surface area contributed by atoms with Crippen molar-refractivity contribution in [3.63, 3.8) is 0 Å². The van der Waals surface area contributed by atoms with Gasteiger partial charge in [0, 0.05) is 11.8 Å². The molecule has 5 heteroatoms. The first kappa shape index (κ1) is 8.25. The molecule has 0 amide bonds. The Kier molecular flexibility index (Phi) is 2.02. The first-order valence-corrected chi connectivity index (χ1v) is 4.47. The number of rotatable bonds is 1. The SMILES string of the molecule is Nc1ncc(-c2ccc(Br)nc2)[nH]1. The van der Waals surface area contributed by atoms with Crippen LogP contribution in [0.25, 0.3) is 11.3 Å². The molecule has 66 valence electrons. The standard InChI is InChI=1S/C8H7BrN4/c9-7-2-1-5(3-11-7)6-4-12-8(10)13-6/h1-4H,(H3,10,12,13). The molecular formula is C8H7BrN4. The molecule has 2 aromatic heterocycles. The Hall–Kier alpha value is -1.36. The van der Waals surface area contributed by atoms with Crippen molar-refractivity contribution in [2.75, 3.05) is 5.73 Å². The van der Waals surface area contributed by atoms with Crippen LogP contribution in [-0.2, 0) is 0 Å². The number of pyridine rings is 1. The van der Waals surface area contributed by atoms with Crippen LogP contribution in [0, 0.1) is 0 Å². The summed E-state index contributed by atoms with van der Waals surface area (Å²) in [4.78, 5) is 10.9. The van der Waals surface area contributed by atoms with Crippen molar-refractivity contribution in [2.45, 2.75) is 0 Å². The molecule has 4 nitrogen and oxygen atoms in total. The van der Waals surface area contributed by atoms with E-state index in [0.29, 0.717) is 5.95 Å². The van der Waals surface area contributed by atoms with E-state index in [9.17, 15) is 0 Å². The maximum absolute atomic E-state index is 5.45. The van der Waals surface area contributed by atoms with Crippen LogP contribution in [-0.4, -0.2) is 15.0 Å². The third-order valence-electron chi connectivity index (χ3n) is 1.63. The molecule has 0 unspecified atom stereocenters. The fourth-order valence-electron chi connectivity index (χ4n) is 1.02. The Labute approximate surface area is 83.3 Å². The lowest BCUT2D eigenvalue weighted by Gasteiger charge is -1.95. The van der Waals surface area contributed by atoms with Crippen LogP contribution in [0.1, 0.15) is 0 Å². The monoisotopic (exact) mass is 238 g/mol. The Morgan fingerprint density at radius 3 is 2.62 bits per heavy atom. The van der Waals surface area contributed by atoms with E-state index < -0.39 is 0 Å². The topological polar surface area (TPSA) is 67.6 Å². The highest BCUT2D eigenvalue weighted by atomic mass is 79.9. The highest BCUT2D eigenvalue weighted by Gasteiger charge is 2.00. The van der Waals surface area contributed by atoms with Gasteiger partial charge in [0.05, 0.1) is 11.9 Å². The van der Waals surface area contributed by atoms with E-state index in [1.54, 1.807) is 12.4 Å². The normalized spacial score (nSPS) is 10.2. The molecule has 0 bridgehead atoms. The van der Waals surface area contributed by atoms with E-state index in [0.717, 1.165) is 15.9 Å². The molecule has 0 aliphatic carbocycles. The smallest absolute Gasteiger partial charge is 0.197 e. The summed E-state index contributed by atoms with van der Waals surface area (Å²) in [6.45, 7) is 0. The average Bonchev–Trinajstić information content (AvgIpc) is 2.53. The number of hydrogen-bond acceptors (Lipinski definition) is 3. The summed E-state index contributed by atoms with van der Waals surface area (Å²) < 4.78 is 0.809. The van der Waals surface area contributed by atoms with Crippen molar-refractivity contribution in [1.82, 2.24) is 15.0 Å². The second-order valence-corrected chi connectivity index (χ2v) is 3.36. The lowest BCUT2D eigenvalue weighted by molar-refractivity contribution is 1.26. The second kappa shape index (κ2) is 3.18. The highest BCUT2D eigenvalue weighted by Crippen LogP contribution is 2.17. The molecule has 0 atom stereocenters. The van der Waals surface area contributed by atoms with Crippen LogP contribution < -0.4 is 5.73 Å². The molecule has 0 saturated carbocycles. The summed E-state index contributed by atoms with van der Waals surface area (Å²) in [7, 11) is 0. The number of nitrogen functional groups attached to an aromatic ring is 1. The predicted molar refractivity (Wildman–Crippen MR) is 53.9 cm³/mol. The van der Waals surface area contributed by atoms with E-state index in [4.69, 9.17) is 5.73 Å². The van der Waals surface area contributed by atoms with Gasteiger partial charge in [-0.1, -0.05) is 0 Å². The van der Waals surface area contributed by atoms with Crippen LogP contribution in [0.3, 0.4) is 0 Å². The van der Waals surface area contributed by atoms with Gasteiger partial charge in [0.15, 0.2) is 5.95 Å². The lowest BCUT2D eigenvalue weighted by atomic mass is 10.2. The average molecular weight is 239 g/mol. The van der Waals surface area contributed by atoms with Gasteiger partial charge in [-0.05, 0) is 28.1 Å². The number of nitrogens with zero attached hydrogens (tertiary/aromatic N) is 2. The summed E-state index contributed by atoms with van der Waals surface area (Å²) in [5, 5.41) is 0. The number of aromatic amines is 1. The molecular weight excluding hydrogens is 232 g/mol. The Morgan fingerprint density at radius 2 is 2.08 bits per heavy atom. The summed E-state index contributed by atoms with van der Waals surface area (Å²) in [5.74, 6) is 0.415. The molecule has 2 heterocycles. The molecule has 2 rings (SSSR count). The predicted octanol–water partition coefficient (Wildman–Crippen LogP) is 1.82. The van der Waals surface area contributed by atoms with Gasteiger partial charge in [0.25, 0.3) is 0 Å². The minimum atomic E-state index is 0.415. The fourth-order valence-corrected chi connectivity index (χ4v) is 1.25. The van der Waals surface area contributed by atoms with Crippen molar-refractivity contribution in [1.29, 1.82) is 0 Å². The van der Waals surface area contributed by atoms with Crippen molar-refractivity contribution in [3.05, 3.63) is 29.1 Å². The molecule has 0 spiro atoms. The molecule has 3 N–H and O–H groups in total. The molecule has 0 aliphatic rings. The zero-order chi connectivity index (χ0) is 9.26. The van der Waals surface area contributed by atoms with E-state index in [1.807, 2.05) is 12.1 Å². The third kappa shape index (κ3) is 1.70. The molecule has 13 heavy (non-hydrogen) atoms. The Balaban J connectivity index is 2.41. The number of halogens is 1. The molecule has 2 aromatic rings. The van der Waals surface area contributed by atoms with Crippen LogP contribution in [0.2, 0.25) is 0 Å². The molecule has 0 radical (unpaired) electrons. The quantitative estimate of drug-likeness (QED) is 0.745. The van der Waals surface area contributed by atoms with Gasteiger partial charge in [-0.15, -0.1) is 0 Å². The van der Waals surface area contributed by atoms with Gasteiger partial charge in [-0.2, -0.15) is 0 Å². The van der Waals surface area contributed by atoms with E-state index in [-0.39, 0.29) is 0 Å². The zero-order valence-electron chi connectivity index (χ0n) is 6.66. The van der Waals surface area contributed by atoms with Gasteiger partial charge in [0.2, 0.25) is 0 Å². The van der Waals surface area contributed by atoms with Crippen molar-refractivity contribution >= 4 is 21.9 Å². The molecule has 0 aliphatic heterocycles. The number of H-pyrrole nitrogens is 1. The second-order valence-electron chi connectivity index (χ2n) is 2.55. The highest BCUT2D eigenvalue weighted by molar-refractivity contribution is 9.10. The maximum Gasteiger partial charge on any atom is 0.197 e. The van der Waals surface area contributed by atoms with Crippen LogP contribution in [0.15, 0.2) is 29.1 Å². The third-order valence-corrected chi connectivity index (χ3v) is 2.10. The number of aromatic nitrogens is 3. The number of imidazole rings is 1. The zero-order valence-corrected chi connectivity index (χ0v) is 8.25. The summed E-state index contributed by atoms with van der Waals surface area (Å²) >= 11 is 3.26. The largest absolute Gasteiger partial charge is 0.369 e. The van der Waals surface area contributed by atoms with Crippen molar-refractivity contribution in [2.24, 2.45) is 0 Å². The van der Waals surface area contributed by atoms with Crippen LogP contribution in [0.5, 0.6) is 0 Å². The summed E-state index contributed by atoms with van der Waals surface area (Å²) in [5.41, 5.74) is 7.29. The van der Waals surface area contributed by atoms with Gasteiger partial charge in [0.1, 0.15) is 4.60 Å². The van der Waals surface area contributed by atoms with E-state index in [1.165, 1.54) is 0 Å². The number of nitrogens with two attached hydrogens (primary N) is 1. The molecule has 0 saturated heterocycles. The first-order chi connectivity index (χ1) is 6.25. The number of hydrogen-bond donors (Lipinski definition) is 2. The van der Waals surface area contributed by atoms with Gasteiger partial charge in [-0.25, -0.2) is 9.97 Å². The van der Waals surface area contributed by atoms with E-state index >= 15 is 0 Å². The summed E-state index contributed by atoms with van der Waals surface area (Å²) in [6, 6.07) is 3.80. The van der Waals surface area contributed by atoms with Crippen LogP contribution in [0.4, 0.5) is 5.95 Å². The summed E-state index contributed by atoms with van der Waals surface area (Å²) in [6.07, 6.45) is 3.43.